The lowest BCUT2D eigenvalue weighted by Crippen LogP contribution is -2.64. The summed E-state index contributed by atoms with van der Waals surface area (Å²) < 4.78 is 41.1. The number of nitrogens with zero attached hydrogens (tertiary/aromatic N) is 2. The average molecular weight is 397 g/mol. The highest BCUT2D eigenvalue weighted by molar-refractivity contribution is 6.30. The zero-order chi connectivity index (χ0) is 19.9. The first kappa shape index (κ1) is 19.5. The lowest BCUT2D eigenvalue weighted by molar-refractivity contribution is -0.274. The van der Waals surface area contributed by atoms with Crippen LogP contribution in [0.25, 0.3) is 0 Å². The van der Waals surface area contributed by atoms with E-state index >= 15 is 0 Å². The molecule has 1 aliphatic heterocycles. The van der Waals surface area contributed by atoms with Crippen molar-refractivity contribution < 1.29 is 23.0 Å². The van der Waals surface area contributed by atoms with Crippen LogP contribution in [0.1, 0.15) is 11.1 Å². The number of benzene rings is 2. The summed E-state index contributed by atoms with van der Waals surface area (Å²) in [6.07, 6.45) is -4.81. The van der Waals surface area contributed by atoms with Crippen LogP contribution in [0, 0.1) is 16.7 Å². The second-order valence-electron chi connectivity index (χ2n) is 6.66. The standard InChI is InChI=1S/C19H16ClF3N2O2/c1-25-11-17(10-24,12-25)18(26,14-3-2-4-15(20)9-14)13-5-7-16(8-6-13)27-19(21,22)23/h2-9,26H,11-12H2,1H3. The molecule has 1 unspecified atom stereocenters. The predicted molar refractivity (Wildman–Crippen MR) is 93.1 cm³/mol. The molecule has 0 saturated carbocycles. The number of hydrogen-bond acceptors (Lipinski definition) is 4. The minimum Gasteiger partial charge on any atom is -0.406 e. The van der Waals surface area contributed by atoms with Gasteiger partial charge in [-0.25, -0.2) is 0 Å². The van der Waals surface area contributed by atoms with Gasteiger partial charge >= 0.3 is 6.36 Å². The fourth-order valence-corrected chi connectivity index (χ4v) is 3.78. The van der Waals surface area contributed by atoms with Crippen LogP contribution in [0.2, 0.25) is 5.02 Å². The van der Waals surface area contributed by atoms with Gasteiger partial charge in [0, 0.05) is 18.1 Å². The number of rotatable bonds is 4. The minimum absolute atomic E-state index is 0.286. The van der Waals surface area contributed by atoms with Crippen molar-refractivity contribution >= 4 is 11.6 Å². The molecule has 2 aromatic rings. The van der Waals surface area contributed by atoms with Crippen LogP contribution in [0.3, 0.4) is 0 Å². The zero-order valence-electron chi connectivity index (χ0n) is 14.3. The lowest BCUT2D eigenvalue weighted by atomic mass is 9.61. The molecule has 1 atom stereocenters. The molecule has 142 valence electrons. The number of likely N-dealkylation sites (tertiary alicyclic amines) is 1. The fourth-order valence-electron chi connectivity index (χ4n) is 3.59. The third-order valence-electron chi connectivity index (χ3n) is 4.73. The maximum Gasteiger partial charge on any atom is 0.573 e. The quantitative estimate of drug-likeness (QED) is 0.850. The van der Waals surface area contributed by atoms with Crippen LogP contribution in [-0.2, 0) is 5.60 Å². The molecular weight excluding hydrogens is 381 g/mol. The van der Waals surface area contributed by atoms with E-state index in [-0.39, 0.29) is 5.56 Å². The van der Waals surface area contributed by atoms with Gasteiger partial charge in [-0.2, -0.15) is 5.26 Å². The molecule has 8 heteroatoms. The normalized spacial score (nSPS) is 18.9. The zero-order valence-corrected chi connectivity index (χ0v) is 15.1. The van der Waals surface area contributed by atoms with Gasteiger partial charge in [-0.05, 0) is 42.4 Å². The Morgan fingerprint density at radius 2 is 1.78 bits per heavy atom. The smallest absolute Gasteiger partial charge is 0.406 e. The van der Waals surface area contributed by atoms with Gasteiger partial charge in [-0.1, -0.05) is 35.9 Å². The summed E-state index contributed by atoms with van der Waals surface area (Å²) in [4.78, 5) is 1.87. The first-order valence-electron chi connectivity index (χ1n) is 8.04. The SMILES string of the molecule is CN1CC(C#N)(C(O)(c2ccc(OC(F)(F)F)cc2)c2cccc(Cl)c2)C1. The van der Waals surface area contributed by atoms with E-state index in [1.807, 2.05) is 11.9 Å². The van der Waals surface area contributed by atoms with Gasteiger partial charge in [0.05, 0.1) is 6.07 Å². The Kier molecular flexibility index (Phi) is 4.85. The Balaban J connectivity index is 2.10. The molecular formula is C19H16ClF3N2O2. The fraction of sp³-hybridized carbons (Fsp3) is 0.316. The number of aliphatic hydroxyl groups is 1. The van der Waals surface area contributed by atoms with Crippen molar-refractivity contribution in [3.63, 3.8) is 0 Å². The summed E-state index contributed by atoms with van der Waals surface area (Å²) in [7, 11) is 1.81. The topological polar surface area (TPSA) is 56.5 Å². The van der Waals surface area contributed by atoms with Crippen molar-refractivity contribution in [1.29, 1.82) is 5.26 Å². The Morgan fingerprint density at radius 3 is 2.26 bits per heavy atom. The monoisotopic (exact) mass is 396 g/mol. The highest BCUT2D eigenvalue weighted by Crippen LogP contribution is 2.50. The summed E-state index contributed by atoms with van der Waals surface area (Å²) in [5.74, 6) is -0.406. The van der Waals surface area contributed by atoms with Crippen LogP contribution in [0.5, 0.6) is 5.75 Å². The minimum atomic E-state index is -4.81. The maximum atomic E-state index is 12.4. The Bertz CT molecular complexity index is 874. The predicted octanol–water partition coefficient (Wildman–Crippen LogP) is 3.93. The van der Waals surface area contributed by atoms with Crippen LogP contribution in [0.15, 0.2) is 48.5 Å². The van der Waals surface area contributed by atoms with E-state index in [2.05, 4.69) is 10.8 Å². The third-order valence-corrected chi connectivity index (χ3v) is 4.97. The first-order valence-corrected chi connectivity index (χ1v) is 8.42. The van der Waals surface area contributed by atoms with Gasteiger partial charge in [0.15, 0.2) is 0 Å². The number of alkyl halides is 3. The van der Waals surface area contributed by atoms with E-state index in [4.69, 9.17) is 11.6 Å². The molecule has 0 spiro atoms. The van der Waals surface area contributed by atoms with Crippen molar-refractivity contribution in [2.75, 3.05) is 20.1 Å². The van der Waals surface area contributed by atoms with E-state index in [0.29, 0.717) is 23.7 Å². The number of ether oxygens (including phenoxy) is 1. The molecule has 1 fully saturated rings. The average Bonchev–Trinajstić information content (AvgIpc) is 2.57. The van der Waals surface area contributed by atoms with E-state index in [1.165, 1.54) is 12.1 Å². The second-order valence-corrected chi connectivity index (χ2v) is 7.10. The number of nitriles is 1. The Hall–Kier alpha value is -2.27. The van der Waals surface area contributed by atoms with Crippen LogP contribution in [0.4, 0.5) is 13.2 Å². The van der Waals surface area contributed by atoms with Crippen molar-refractivity contribution in [2.24, 2.45) is 5.41 Å². The van der Waals surface area contributed by atoms with E-state index in [1.54, 1.807) is 24.3 Å². The summed E-state index contributed by atoms with van der Waals surface area (Å²) >= 11 is 6.07. The van der Waals surface area contributed by atoms with Crippen molar-refractivity contribution in [3.05, 3.63) is 64.7 Å². The largest absolute Gasteiger partial charge is 0.573 e. The number of halogens is 4. The molecule has 0 amide bonds. The van der Waals surface area contributed by atoms with Gasteiger partial charge in [0.1, 0.15) is 16.8 Å². The van der Waals surface area contributed by atoms with E-state index in [0.717, 1.165) is 12.1 Å². The molecule has 27 heavy (non-hydrogen) atoms. The Labute approximate surface area is 159 Å². The summed E-state index contributed by atoms with van der Waals surface area (Å²) in [5, 5.41) is 21.9. The molecule has 0 radical (unpaired) electrons. The van der Waals surface area contributed by atoms with Crippen molar-refractivity contribution in [2.45, 2.75) is 12.0 Å². The highest BCUT2D eigenvalue weighted by Gasteiger charge is 2.59. The molecule has 1 N–H and O–H groups in total. The molecule has 1 saturated heterocycles. The second kappa shape index (κ2) is 6.71. The summed E-state index contributed by atoms with van der Waals surface area (Å²) in [6, 6.07) is 13.6. The van der Waals surface area contributed by atoms with Crippen molar-refractivity contribution in [3.8, 4) is 11.8 Å². The first-order chi connectivity index (χ1) is 12.6. The van der Waals surface area contributed by atoms with Gasteiger partial charge in [-0.3, -0.25) is 0 Å². The van der Waals surface area contributed by atoms with Gasteiger partial charge in [0.25, 0.3) is 0 Å². The third kappa shape index (κ3) is 3.48. The molecule has 2 aromatic carbocycles. The molecule has 3 rings (SSSR count). The summed E-state index contributed by atoms with van der Waals surface area (Å²) in [5.41, 5.74) is -2.24. The molecule has 0 aliphatic carbocycles. The summed E-state index contributed by atoms with van der Waals surface area (Å²) in [6.45, 7) is 0.598. The molecule has 1 heterocycles. The highest BCUT2D eigenvalue weighted by atomic mass is 35.5. The van der Waals surface area contributed by atoms with Crippen molar-refractivity contribution in [1.82, 2.24) is 4.90 Å². The molecule has 0 bridgehead atoms. The van der Waals surface area contributed by atoms with Gasteiger partial charge < -0.3 is 14.7 Å². The molecule has 0 aromatic heterocycles. The molecule has 1 aliphatic rings. The number of hydrogen-bond donors (Lipinski definition) is 1. The van der Waals surface area contributed by atoms with Crippen LogP contribution >= 0.6 is 11.6 Å². The van der Waals surface area contributed by atoms with Crippen LogP contribution < -0.4 is 4.74 Å². The van der Waals surface area contributed by atoms with Gasteiger partial charge in [-0.15, -0.1) is 13.2 Å². The lowest BCUT2D eigenvalue weighted by Gasteiger charge is -2.53. The Morgan fingerprint density at radius 1 is 1.15 bits per heavy atom. The molecule has 4 nitrogen and oxygen atoms in total. The van der Waals surface area contributed by atoms with E-state index in [9.17, 15) is 23.5 Å². The van der Waals surface area contributed by atoms with E-state index < -0.39 is 23.1 Å². The maximum absolute atomic E-state index is 12.4. The van der Waals surface area contributed by atoms with Gasteiger partial charge in [0.2, 0.25) is 0 Å². The van der Waals surface area contributed by atoms with Crippen LogP contribution in [-0.4, -0.2) is 36.5 Å².